The van der Waals surface area contributed by atoms with Gasteiger partial charge in [-0.1, -0.05) is 53.6 Å². The molecule has 0 spiro atoms. The van der Waals surface area contributed by atoms with E-state index in [1.54, 1.807) is 29.2 Å². The second-order valence-corrected chi connectivity index (χ2v) is 9.84. The molecular weight excluding hydrogens is 470 g/mol. The predicted octanol–water partition coefficient (Wildman–Crippen LogP) is 6.43. The van der Waals surface area contributed by atoms with Crippen LogP contribution in [0, 0.1) is 6.92 Å². The molecule has 0 saturated heterocycles. The fourth-order valence-electron chi connectivity index (χ4n) is 4.89. The van der Waals surface area contributed by atoms with Crippen LogP contribution in [-0.4, -0.2) is 33.9 Å². The van der Waals surface area contributed by atoms with Gasteiger partial charge in [0.15, 0.2) is 0 Å². The van der Waals surface area contributed by atoms with E-state index in [0.717, 1.165) is 28.2 Å². The van der Waals surface area contributed by atoms with Gasteiger partial charge in [0, 0.05) is 22.8 Å². The van der Waals surface area contributed by atoms with Crippen molar-refractivity contribution < 1.29 is 9.59 Å². The number of rotatable bonds is 5. The van der Waals surface area contributed by atoms with E-state index in [9.17, 15) is 9.59 Å². The first-order chi connectivity index (χ1) is 17.3. The first kappa shape index (κ1) is 23.9. The Bertz CT molecular complexity index is 1420. The van der Waals surface area contributed by atoms with Gasteiger partial charge in [0.1, 0.15) is 12.6 Å². The van der Waals surface area contributed by atoms with Crippen LogP contribution in [0.1, 0.15) is 47.1 Å². The molecule has 0 saturated carbocycles. The maximum Gasteiger partial charge on any atom is 0.254 e. The van der Waals surface area contributed by atoms with Gasteiger partial charge in [0.2, 0.25) is 5.91 Å². The summed E-state index contributed by atoms with van der Waals surface area (Å²) in [5, 5.41) is 0.563. The second kappa shape index (κ2) is 9.67. The van der Waals surface area contributed by atoms with Crippen LogP contribution in [0.2, 0.25) is 5.02 Å². The van der Waals surface area contributed by atoms with E-state index in [4.69, 9.17) is 11.6 Å². The molecule has 0 bridgehead atoms. The number of carbonyl (C=O) groups is 2. The quantitative estimate of drug-likeness (QED) is 0.319. The van der Waals surface area contributed by atoms with Crippen molar-refractivity contribution in [3.63, 3.8) is 0 Å². The summed E-state index contributed by atoms with van der Waals surface area (Å²) in [6.45, 7) is 5.86. The number of aromatic nitrogens is 1. The van der Waals surface area contributed by atoms with Crippen LogP contribution in [0.15, 0.2) is 91.1 Å². The number of halogens is 1. The van der Waals surface area contributed by atoms with E-state index in [2.05, 4.69) is 35.8 Å². The topological polar surface area (TPSA) is 45.6 Å². The van der Waals surface area contributed by atoms with Crippen LogP contribution in [0.25, 0.3) is 5.69 Å². The fraction of sp³-hybridized carbons (Fsp3) is 0.200. The highest BCUT2D eigenvalue weighted by Crippen LogP contribution is 2.42. The zero-order chi connectivity index (χ0) is 25.4. The number of fused-ring (bicyclic) bond motifs is 3. The molecule has 5 nitrogen and oxygen atoms in total. The minimum Gasteiger partial charge on any atom is -0.327 e. The lowest BCUT2D eigenvalue weighted by atomic mass is 9.96. The van der Waals surface area contributed by atoms with Crippen molar-refractivity contribution in [2.45, 2.75) is 32.9 Å². The Kier molecular flexibility index (Phi) is 6.42. The Hall–Kier alpha value is -3.83. The smallest absolute Gasteiger partial charge is 0.254 e. The molecule has 1 aliphatic heterocycles. The molecular formula is C30H28ClN3O2. The van der Waals surface area contributed by atoms with E-state index in [-0.39, 0.29) is 30.4 Å². The normalized spacial score (nSPS) is 14.4. The number of anilines is 1. The van der Waals surface area contributed by atoms with Gasteiger partial charge in [-0.15, -0.1) is 0 Å². The summed E-state index contributed by atoms with van der Waals surface area (Å²) < 4.78 is 2.14. The number of hydrogen-bond donors (Lipinski definition) is 0. The van der Waals surface area contributed by atoms with Gasteiger partial charge in [0.05, 0.1) is 17.1 Å². The van der Waals surface area contributed by atoms with Crippen molar-refractivity contribution in [1.82, 2.24) is 9.47 Å². The number of benzene rings is 3. The molecule has 2 amide bonds. The van der Waals surface area contributed by atoms with Gasteiger partial charge in [0.25, 0.3) is 5.91 Å². The van der Waals surface area contributed by atoms with Crippen molar-refractivity contribution in [2.24, 2.45) is 0 Å². The van der Waals surface area contributed by atoms with Crippen molar-refractivity contribution in [3.8, 4) is 5.69 Å². The minimum absolute atomic E-state index is 0.0452. The van der Waals surface area contributed by atoms with Crippen LogP contribution in [-0.2, 0) is 4.79 Å². The minimum atomic E-state index is -0.318. The number of aryl methyl sites for hydroxylation is 1. The zero-order valence-electron chi connectivity index (χ0n) is 20.6. The average molecular weight is 498 g/mol. The van der Waals surface area contributed by atoms with Crippen LogP contribution in [0.3, 0.4) is 0 Å². The standard InChI is InChI=1S/C30H28ClN3O2/c1-20(2)33(30(36)22-13-15-24(31)16-14-22)19-28(35)34-26-11-5-4-10-25(26)32-17-7-12-27(32)29(34)23-9-6-8-21(3)18-23/h4-18,20,29H,19H2,1-3H3. The molecule has 4 aromatic rings. The highest BCUT2D eigenvalue weighted by molar-refractivity contribution is 6.30. The summed E-state index contributed by atoms with van der Waals surface area (Å²) in [6.07, 6.45) is 2.03. The molecule has 2 heterocycles. The number of carbonyl (C=O) groups excluding carboxylic acids is 2. The van der Waals surface area contributed by atoms with E-state index in [1.807, 2.05) is 61.3 Å². The molecule has 182 valence electrons. The predicted molar refractivity (Wildman–Crippen MR) is 144 cm³/mol. The summed E-state index contributed by atoms with van der Waals surface area (Å²) in [6, 6.07) is 26.5. The number of amides is 2. The summed E-state index contributed by atoms with van der Waals surface area (Å²) in [4.78, 5) is 31.1. The van der Waals surface area contributed by atoms with Crippen molar-refractivity contribution in [2.75, 3.05) is 11.4 Å². The monoisotopic (exact) mass is 497 g/mol. The molecule has 0 fully saturated rings. The molecule has 1 aliphatic rings. The molecule has 5 rings (SSSR count). The second-order valence-electron chi connectivity index (χ2n) is 9.41. The van der Waals surface area contributed by atoms with Crippen molar-refractivity contribution in [3.05, 3.63) is 119 Å². The highest BCUT2D eigenvalue weighted by atomic mass is 35.5. The summed E-state index contributed by atoms with van der Waals surface area (Å²) in [7, 11) is 0. The van der Waals surface area contributed by atoms with Gasteiger partial charge >= 0.3 is 0 Å². The van der Waals surface area contributed by atoms with E-state index in [1.165, 1.54) is 0 Å². The highest BCUT2D eigenvalue weighted by Gasteiger charge is 2.37. The first-order valence-electron chi connectivity index (χ1n) is 12.1. The molecule has 1 unspecified atom stereocenters. The third-order valence-electron chi connectivity index (χ3n) is 6.63. The SMILES string of the molecule is Cc1cccc(C2c3cccn3-c3ccccc3N2C(=O)CN(C(=O)c2ccc(Cl)cc2)C(C)C)c1. The van der Waals surface area contributed by atoms with Gasteiger partial charge in [-0.3, -0.25) is 14.5 Å². The Morgan fingerprint density at radius 3 is 2.33 bits per heavy atom. The lowest BCUT2D eigenvalue weighted by Gasteiger charge is -2.40. The molecule has 6 heteroatoms. The number of nitrogens with zero attached hydrogens (tertiary/aromatic N) is 3. The average Bonchev–Trinajstić information content (AvgIpc) is 3.36. The van der Waals surface area contributed by atoms with Crippen LogP contribution in [0.4, 0.5) is 5.69 Å². The maximum absolute atomic E-state index is 14.2. The molecule has 0 N–H and O–H groups in total. The lowest BCUT2D eigenvalue weighted by Crippen LogP contribution is -2.48. The third-order valence-corrected chi connectivity index (χ3v) is 6.88. The van der Waals surface area contributed by atoms with Gasteiger partial charge in [-0.05, 0) is 74.9 Å². The molecule has 0 aliphatic carbocycles. The maximum atomic E-state index is 14.2. The van der Waals surface area contributed by atoms with Crippen LogP contribution >= 0.6 is 11.6 Å². The Morgan fingerprint density at radius 1 is 0.917 bits per heavy atom. The fourth-order valence-corrected chi connectivity index (χ4v) is 5.01. The van der Waals surface area contributed by atoms with Crippen molar-refractivity contribution in [1.29, 1.82) is 0 Å². The molecule has 1 atom stereocenters. The Labute approximate surface area is 216 Å². The van der Waals surface area contributed by atoms with Gasteiger partial charge in [-0.25, -0.2) is 0 Å². The number of para-hydroxylation sites is 2. The van der Waals surface area contributed by atoms with Crippen molar-refractivity contribution >= 4 is 29.1 Å². The van der Waals surface area contributed by atoms with Gasteiger partial charge in [-0.2, -0.15) is 0 Å². The van der Waals surface area contributed by atoms with E-state index >= 15 is 0 Å². The molecule has 0 radical (unpaired) electrons. The Balaban J connectivity index is 1.57. The summed E-state index contributed by atoms with van der Waals surface area (Å²) in [5.74, 6) is -0.340. The van der Waals surface area contributed by atoms with Gasteiger partial charge < -0.3 is 9.47 Å². The van der Waals surface area contributed by atoms with Crippen LogP contribution < -0.4 is 4.90 Å². The lowest BCUT2D eigenvalue weighted by molar-refractivity contribution is -0.120. The van der Waals surface area contributed by atoms with E-state index in [0.29, 0.717) is 10.6 Å². The molecule has 1 aromatic heterocycles. The summed E-state index contributed by atoms with van der Waals surface area (Å²) >= 11 is 6.02. The largest absolute Gasteiger partial charge is 0.327 e. The van der Waals surface area contributed by atoms with Crippen LogP contribution in [0.5, 0.6) is 0 Å². The van der Waals surface area contributed by atoms with E-state index < -0.39 is 0 Å². The number of hydrogen-bond acceptors (Lipinski definition) is 2. The summed E-state index contributed by atoms with van der Waals surface area (Å²) in [5.41, 5.74) is 5.42. The third kappa shape index (κ3) is 4.31. The first-order valence-corrected chi connectivity index (χ1v) is 12.4. The molecule has 3 aromatic carbocycles. The molecule has 36 heavy (non-hydrogen) atoms. The zero-order valence-corrected chi connectivity index (χ0v) is 21.3. The Morgan fingerprint density at radius 2 is 1.64 bits per heavy atom.